The molecule has 0 aliphatic carbocycles. The van der Waals surface area contributed by atoms with Crippen LogP contribution in [0.5, 0.6) is 0 Å². The minimum absolute atomic E-state index is 0.431. The SMILES string of the molecule is Cc1cccc(Cl)c1-c1cc(C(F)(F)F)ccc1Br. The fourth-order valence-electron chi connectivity index (χ4n) is 1.87. The van der Waals surface area contributed by atoms with Crippen LogP contribution >= 0.6 is 27.5 Å². The molecule has 5 heteroatoms. The van der Waals surface area contributed by atoms with Gasteiger partial charge in [-0.05, 0) is 42.3 Å². The van der Waals surface area contributed by atoms with Crippen LogP contribution in [0.25, 0.3) is 11.1 Å². The molecule has 100 valence electrons. The van der Waals surface area contributed by atoms with Crippen LogP contribution in [0.15, 0.2) is 40.9 Å². The molecule has 0 spiro atoms. The van der Waals surface area contributed by atoms with Gasteiger partial charge in [0.25, 0.3) is 0 Å². The minimum Gasteiger partial charge on any atom is -0.166 e. The summed E-state index contributed by atoms with van der Waals surface area (Å²) in [4.78, 5) is 0. The molecule has 0 fully saturated rings. The number of hydrogen-bond acceptors (Lipinski definition) is 0. The van der Waals surface area contributed by atoms with Gasteiger partial charge in [-0.15, -0.1) is 0 Å². The summed E-state index contributed by atoms with van der Waals surface area (Å²) in [6, 6.07) is 8.78. The van der Waals surface area contributed by atoms with Gasteiger partial charge in [-0.2, -0.15) is 13.2 Å². The fourth-order valence-corrected chi connectivity index (χ4v) is 2.63. The van der Waals surface area contributed by atoms with Crippen molar-refractivity contribution in [1.29, 1.82) is 0 Å². The molecule has 0 radical (unpaired) electrons. The van der Waals surface area contributed by atoms with Gasteiger partial charge in [-0.25, -0.2) is 0 Å². The van der Waals surface area contributed by atoms with Crippen molar-refractivity contribution in [3.8, 4) is 11.1 Å². The van der Waals surface area contributed by atoms with Crippen LogP contribution in [0.4, 0.5) is 13.2 Å². The van der Waals surface area contributed by atoms with Crippen LogP contribution in [0.1, 0.15) is 11.1 Å². The first-order valence-electron chi connectivity index (χ1n) is 5.43. The van der Waals surface area contributed by atoms with Gasteiger partial charge in [0.05, 0.1) is 5.56 Å². The summed E-state index contributed by atoms with van der Waals surface area (Å²) >= 11 is 9.38. The molecule has 2 aromatic carbocycles. The molecule has 19 heavy (non-hydrogen) atoms. The third kappa shape index (κ3) is 2.95. The molecule has 0 saturated heterocycles. The quantitative estimate of drug-likeness (QED) is 0.584. The van der Waals surface area contributed by atoms with E-state index in [1.807, 2.05) is 13.0 Å². The molecule has 0 aliphatic rings. The predicted octanol–water partition coefficient (Wildman–Crippen LogP) is 6.10. The van der Waals surface area contributed by atoms with Crippen molar-refractivity contribution in [3.05, 3.63) is 57.0 Å². The van der Waals surface area contributed by atoms with Crippen molar-refractivity contribution in [2.75, 3.05) is 0 Å². The Labute approximate surface area is 122 Å². The molecule has 0 heterocycles. The van der Waals surface area contributed by atoms with Crippen molar-refractivity contribution in [1.82, 2.24) is 0 Å². The lowest BCUT2D eigenvalue weighted by molar-refractivity contribution is -0.137. The van der Waals surface area contributed by atoms with E-state index in [-0.39, 0.29) is 0 Å². The normalized spacial score (nSPS) is 11.7. The maximum atomic E-state index is 12.8. The summed E-state index contributed by atoms with van der Waals surface area (Å²) in [7, 11) is 0. The Morgan fingerprint density at radius 2 is 1.79 bits per heavy atom. The first-order chi connectivity index (χ1) is 8.80. The molecule has 0 nitrogen and oxygen atoms in total. The maximum absolute atomic E-state index is 12.8. The lowest BCUT2D eigenvalue weighted by atomic mass is 9.98. The topological polar surface area (TPSA) is 0 Å². The van der Waals surface area contributed by atoms with E-state index < -0.39 is 11.7 Å². The number of rotatable bonds is 1. The third-order valence-electron chi connectivity index (χ3n) is 2.78. The van der Waals surface area contributed by atoms with E-state index >= 15 is 0 Å². The smallest absolute Gasteiger partial charge is 0.166 e. The molecular formula is C14H9BrClF3. The van der Waals surface area contributed by atoms with Crippen LogP contribution in [-0.4, -0.2) is 0 Å². The van der Waals surface area contributed by atoms with E-state index in [0.717, 1.165) is 17.7 Å². The minimum atomic E-state index is -4.37. The van der Waals surface area contributed by atoms with Gasteiger partial charge in [0.2, 0.25) is 0 Å². The molecule has 0 aliphatic heterocycles. The Morgan fingerprint density at radius 1 is 1.11 bits per heavy atom. The number of halogens is 5. The van der Waals surface area contributed by atoms with E-state index in [9.17, 15) is 13.2 Å². The molecule has 2 rings (SSSR count). The van der Waals surface area contributed by atoms with Crippen LogP contribution in [0, 0.1) is 6.92 Å². The fraction of sp³-hybridized carbons (Fsp3) is 0.143. The van der Waals surface area contributed by atoms with Gasteiger partial charge in [0.15, 0.2) is 0 Å². The summed E-state index contributed by atoms with van der Waals surface area (Å²) in [5, 5.41) is 0.431. The van der Waals surface area contributed by atoms with Gasteiger partial charge >= 0.3 is 6.18 Å². The molecule has 0 atom stereocenters. The average Bonchev–Trinajstić information content (AvgIpc) is 2.29. The summed E-state index contributed by atoms with van der Waals surface area (Å²) in [6.07, 6.45) is -4.37. The first kappa shape index (κ1) is 14.4. The number of benzene rings is 2. The van der Waals surface area contributed by atoms with Crippen molar-refractivity contribution in [2.24, 2.45) is 0 Å². The van der Waals surface area contributed by atoms with Gasteiger partial charge in [0, 0.05) is 15.1 Å². The van der Waals surface area contributed by atoms with E-state index in [0.29, 0.717) is 20.6 Å². The Hall–Kier alpha value is -1.00. The predicted molar refractivity (Wildman–Crippen MR) is 74.3 cm³/mol. The van der Waals surface area contributed by atoms with E-state index in [4.69, 9.17) is 11.6 Å². The highest BCUT2D eigenvalue weighted by molar-refractivity contribution is 9.10. The van der Waals surface area contributed by atoms with Gasteiger partial charge in [-0.1, -0.05) is 39.7 Å². The lowest BCUT2D eigenvalue weighted by Gasteiger charge is -2.13. The molecule has 2 aromatic rings. The monoisotopic (exact) mass is 348 g/mol. The largest absolute Gasteiger partial charge is 0.416 e. The summed E-state index contributed by atoms with van der Waals surface area (Å²) in [5.74, 6) is 0. The highest BCUT2D eigenvalue weighted by Gasteiger charge is 2.31. The van der Waals surface area contributed by atoms with E-state index in [2.05, 4.69) is 15.9 Å². The molecule has 0 bridgehead atoms. The van der Waals surface area contributed by atoms with Gasteiger partial charge in [0.1, 0.15) is 0 Å². The van der Waals surface area contributed by atoms with Crippen LogP contribution in [-0.2, 0) is 6.18 Å². The lowest BCUT2D eigenvalue weighted by Crippen LogP contribution is -2.05. The molecule has 0 saturated carbocycles. The van der Waals surface area contributed by atoms with Crippen molar-refractivity contribution in [2.45, 2.75) is 13.1 Å². The highest BCUT2D eigenvalue weighted by atomic mass is 79.9. The molecule has 0 aromatic heterocycles. The summed E-state index contributed by atoms with van der Waals surface area (Å²) in [5.41, 5.74) is 1.19. The summed E-state index contributed by atoms with van der Waals surface area (Å²) < 4.78 is 38.9. The van der Waals surface area contributed by atoms with E-state index in [1.54, 1.807) is 12.1 Å². The van der Waals surface area contributed by atoms with Crippen LogP contribution in [0.3, 0.4) is 0 Å². The van der Waals surface area contributed by atoms with Crippen LogP contribution < -0.4 is 0 Å². The first-order valence-corrected chi connectivity index (χ1v) is 6.60. The number of aryl methyl sites for hydroxylation is 1. The molecular weight excluding hydrogens is 341 g/mol. The maximum Gasteiger partial charge on any atom is 0.416 e. The third-order valence-corrected chi connectivity index (χ3v) is 3.79. The zero-order chi connectivity index (χ0) is 14.2. The average molecular weight is 350 g/mol. The van der Waals surface area contributed by atoms with Gasteiger partial charge in [-0.3, -0.25) is 0 Å². The Balaban J connectivity index is 2.69. The van der Waals surface area contributed by atoms with Crippen molar-refractivity contribution < 1.29 is 13.2 Å². The molecule has 0 amide bonds. The number of hydrogen-bond donors (Lipinski definition) is 0. The van der Waals surface area contributed by atoms with Crippen molar-refractivity contribution >= 4 is 27.5 Å². The zero-order valence-corrected chi connectivity index (χ0v) is 12.2. The second kappa shape index (κ2) is 5.17. The standard InChI is InChI=1S/C14H9BrClF3/c1-8-3-2-4-12(16)13(8)10-7-9(14(17,18)19)5-6-11(10)15/h2-7H,1H3. The highest BCUT2D eigenvalue weighted by Crippen LogP contribution is 2.39. The second-order valence-electron chi connectivity index (χ2n) is 4.12. The molecule has 0 unspecified atom stereocenters. The number of alkyl halides is 3. The Bertz CT molecular complexity index is 600. The van der Waals surface area contributed by atoms with E-state index in [1.165, 1.54) is 6.07 Å². The van der Waals surface area contributed by atoms with Crippen LogP contribution in [0.2, 0.25) is 5.02 Å². The Morgan fingerprint density at radius 3 is 2.37 bits per heavy atom. The zero-order valence-electron chi connectivity index (χ0n) is 9.85. The van der Waals surface area contributed by atoms with Gasteiger partial charge < -0.3 is 0 Å². The Kier molecular flexibility index (Phi) is 3.92. The molecule has 0 N–H and O–H groups in total. The van der Waals surface area contributed by atoms with Crippen molar-refractivity contribution in [3.63, 3.8) is 0 Å². The summed E-state index contributed by atoms with van der Waals surface area (Å²) in [6.45, 7) is 1.81. The second-order valence-corrected chi connectivity index (χ2v) is 5.39.